The zero-order valence-electron chi connectivity index (χ0n) is 2.99. The summed E-state index contributed by atoms with van der Waals surface area (Å²) in [6.07, 6.45) is 0. The predicted molar refractivity (Wildman–Crippen MR) is 16.3 cm³/mol. The van der Waals surface area contributed by atoms with Gasteiger partial charge >= 0.3 is 0 Å². The Labute approximate surface area is 47.7 Å². The first-order chi connectivity index (χ1) is 1.73. The van der Waals surface area contributed by atoms with Gasteiger partial charge in [-0.2, -0.15) is 0 Å². The summed E-state index contributed by atoms with van der Waals surface area (Å²) in [7, 11) is 0. The van der Waals surface area contributed by atoms with Crippen LogP contribution in [-0.4, -0.2) is 5.09 Å². The van der Waals surface area contributed by atoms with E-state index in [9.17, 15) is 0 Å². The van der Waals surface area contributed by atoms with Crippen molar-refractivity contribution in [3.63, 3.8) is 0 Å². The Balaban J connectivity index is -0.0000000450. The summed E-state index contributed by atoms with van der Waals surface area (Å²) in [5, 5.41) is 14.8. The number of rotatable bonds is 0. The Morgan fingerprint density at radius 2 is 1.33 bits per heavy atom. The third kappa shape index (κ3) is 965. The van der Waals surface area contributed by atoms with Crippen molar-refractivity contribution >= 4 is 0 Å². The van der Waals surface area contributed by atoms with E-state index in [-0.39, 0.29) is 26.6 Å². The molecule has 6 heteroatoms. The minimum atomic E-state index is -1.75. The molecule has 6 heavy (non-hydrogen) atoms. The molecule has 0 aromatic rings. The average molecular weight is 186 g/mol. The van der Waals surface area contributed by atoms with Crippen molar-refractivity contribution in [2.24, 2.45) is 0 Å². The Bertz CT molecular complexity index is 31.8. The normalized spacial score (nSPS) is 4.00. The van der Waals surface area contributed by atoms with Gasteiger partial charge < -0.3 is 21.5 Å². The molecule has 0 radical (unpaired) electrons. The second-order valence-corrected chi connectivity index (χ2v) is 0.224. The van der Waals surface area contributed by atoms with Crippen LogP contribution in [0.25, 0.3) is 0 Å². The zero-order valence-corrected chi connectivity index (χ0v) is 4.54. The molecule has 0 saturated carbocycles. The largest absolute Gasteiger partial charge is 0.369 e. The molecule has 0 atom stereocenters. The molecule has 0 rings (SSSR count). The van der Waals surface area contributed by atoms with E-state index in [2.05, 4.69) is 0 Å². The van der Waals surface area contributed by atoms with Gasteiger partial charge in [0.25, 0.3) is 0 Å². The monoisotopic (exact) mass is 186 g/mol. The van der Waals surface area contributed by atoms with Gasteiger partial charge in [-0.3, -0.25) is 0 Å². The second-order valence-electron chi connectivity index (χ2n) is 0.224. The molecule has 0 aliphatic rings. The SMILES string of the molecule is O=[N+]([O-])[O-].[NH4+].[Pd]. The molecule has 0 amide bonds. The van der Waals surface area contributed by atoms with Gasteiger partial charge in [0.1, 0.15) is 0 Å². The molecular formula is H4N2O3Pd. The molecule has 0 aromatic heterocycles. The fourth-order valence-corrected chi connectivity index (χ4v) is 0. The van der Waals surface area contributed by atoms with Crippen LogP contribution in [0.5, 0.6) is 0 Å². The molecule has 0 heterocycles. The van der Waals surface area contributed by atoms with E-state index < -0.39 is 5.09 Å². The summed E-state index contributed by atoms with van der Waals surface area (Å²) < 4.78 is 0. The molecule has 4 N–H and O–H groups in total. The summed E-state index contributed by atoms with van der Waals surface area (Å²) in [6, 6.07) is 0. The fraction of sp³-hybridized carbons (Fsp3) is 0. The van der Waals surface area contributed by atoms with Crippen LogP contribution in [0.4, 0.5) is 0 Å². The van der Waals surface area contributed by atoms with Crippen LogP contribution in [-0.2, 0) is 20.4 Å². The molecule has 0 aliphatic heterocycles. The van der Waals surface area contributed by atoms with Crippen LogP contribution in [0, 0.1) is 15.3 Å². The van der Waals surface area contributed by atoms with Crippen molar-refractivity contribution in [1.82, 2.24) is 6.15 Å². The summed E-state index contributed by atoms with van der Waals surface area (Å²) in [4.78, 5) is 8.25. The van der Waals surface area contributed by atoms with Crippen molar-refractivity contribution in [3.8, 4) is 0 Å². The fourth-order valence-electron chi connectivity index (χ4n) is 0. The molecule has 0 fully saturated rings. The minimum Gasteiger partial charge on any atom is -0.369 e. The first-order valence-electron chi connectivity index (χ1n) is 0.548. The van der Waals surface area contributed by atoms with Crippen molar-refractivity contribution in [2.45, 2.75) is 0 Å². The Morgan fingerprint density at radius 1 is 1.33 bits per heavy atom. The minimum absolute atomic E-state index is 0. The summed E-state index contributed by atoms with van der Waals surface area (Å²) in [5.41, 5.74) is 0. The Morgan fingerprint density at radius 3 is 1.33 bits per heavy atom. The quantitative estimate of drug-likeness (QED) is 0.330. The number of nitrogens with zero attached hydrogens (tertiary/aromatic N) is 1. The van der Waals surface area contributed by atoms with Crippen LogP contribution in [0.1, 0.15) is 0 Å². The number of quaternary nitrogens is 1. The molecule has 0 saturated heterocycles. The molecule has 0 unspecified atom stereocenters. The molecule has 42 valence electrons. The van der Waals surface area contributed by atoms with E-state index in [0.29, 0.717) is 0 Å². The maximum atomic E-state index is 8.25. The van der Waals surface area contributed by atoms with Gasteiger partial charge in [0, 0.05) is 20.4 Å². The predicted octanol–water partition coefficient (Wildman–Crippen LogP) is 0.135. The van der Waals surface area contributed by atoms with Crippen molar-refractivity contribution < 1.29 is 25.5 Å². The molecule has 0 spiro atoms. The van der Waals surface area contributed by atoms with Gasteiger partial charge in [0.2, 0.25) is 0 Å². The average Bonchev–Trinajstić information content (AvgIpc) is 0.811. The second kappa shape index (κ2) is 8.84. The first kappa shape index (κ1) is 17.0. The smallest absolute Gasteiger partial charge is 0.0689 e. The van der Waals surface area contributed by atoms with E-state index in [1.54, 1.807) is 0 Å². The van der Waals surface area contributed by atoms with E-state index in [1.165, 1.54) is 0 Å². The molecular weight excluding hydrogens is 182 g/mol. The van der Waals surface area contributed by atoms with Crippen LogP contribution in [0.3, 0.4) is 0 Å². The van der Waals surface area contributed by atoms with Gasteiger partial charge in [-0.25, -0.2) is 0 Å². The third-order valence-electron chi connectivity index (χ3n) is 0. The Hall–Kier alpha value is -0.178. The Kier molecular flexibility index (Phi) is 25.1. The van der Waals surface area contributed by atoms with Gasteiger partial charge in [0.05, 0.1) is 5.09 Å². The maximum absolute atomic E-state index is 8.25. The van der Waals surface area contributed by atoms with Gasteiger partial charge in [-0.05, 0) is 0 Å². The topological polar surface area (TPSA) is 103 Å². The van der Waals surface area contributed by atoms with Gasteiger partial charge in [-0.15, -0.1) is 0 Å². The van der Waals surface area contributed by atoms with E-state index >= 15 is 0 Å². The van der Waals surface area contributed by atoms with E-state index in [4.69, 9.17) is 15.3 Å². The van der Waals surface area contributed by atoms with Crippen LogP contribution >= 0.6 is 0 Å². The summed E-state index contributed by atoms with van der Waals surface area (Å²) >= 11 is 0. The van der Waals surface area contributed by atoms with Crippen molar-refractivity contribution in [2.75, 3.05) is 0 Å². The maximum Gasteiger partial charge on any atom is 0.0689 e. The summed E-state index contributed by atoms with van der Waals surface area (Å²) in [6.45, 7) is 0. The molecule has 0 aromatic carbocycles. The van der Waals surface area contributed by atoms with Crippen molar-refractivity contribution in [1.29, 1.82) is 0 Å². The van der Waals surface area contributed by atoms with Crippen LogP contribution < -0.4 is 6.15 Å². The summed E-state index contributed by atoms with van der Waals surface area (Å²) in [5.74, 6) is 0. The van der Waals surface area contributed by atoms with Crippen LogP contribution in [0.2, 0.25) is 0 Å². The van der Waals surface area contributed by atoms with Crippen molar-refractivity contribution in [3.05, 3.63) is 15.3 Å². The number of hydrogen-bond donors (Lipinski definition) is 1. The standard InChI is InChI=1S/NO3.H3N.Pd/c2-1(3)4;;/h;1H3;/q-1;;/p+1. The van der Waals surface area contributed by atoms with Gasteiger partial charge in [0.15, 0.2) is 0 Å². The van der Waals surface area contributed by atoms with Crippen LogP contribution in [0.15, 0.2) is 0 Å². The third-order valence-corrected chi connectivity index (χ3v) is 0. The molecule has 0 aliphatic carbocycles. The van der Waals surface area contributed by atoms with E-state index in [0.717, 1.165) is 0 Å². The molecule has 0 bridgehead atoms. The zero-order chi connectivity index (χ0) is 3.58. The number of hydrogen-bond acceptors (Lipinski definition) is 3. The molecule has 5 nitrogen and oxygen atoms in total. The first-order valence-corrected chi connectivity index (χ1v) is 0.548. The van der Waals surface area contributed by atoms with E-state index in [1.807, 2.05) is 0 Å². The van der Waals surface area contributed by atoms with Gasteiger partial charge in [-0.1, -0.05) is 0 Å².